The van der Waals surface area contributed by atoms with Crippen LogP contribution in [0.15, 0.2) is 12.3 Å². The van der Waals surface area contributed by atoms with E-state index in [9.17, 15) is 4.79 Å². The fraction of sp³-hybridized carbons (Fsp3) is 0.733. The quantitative estimate of drug-likeness (QED) is 0.779. The Morgan fingerprint density at radius 2 is 2.14 bits per heavy atom. The molecule has 1 aromatic heterocycles. The number of aromatic nitrogens is 2. The smallest absolute Gasteiger partial charge is 0.320 e. The van der Waals surface area contributed by atoms with Gasteiger partial charge >= 0.3 is 6.03 Å². The summed E-state index contributed by atoms with van der Waals surface area (Å²) in [6.45, 7) is 5.27. The molecule has 0 atom stereocenters. The van der Waals surface area contributed by atoms with Gasteiger partial charge in [0, 0.05) is 25.3 Å². The maximum absolute atomic E-state index is 12.1. The summed E-state index contributed by atoms with van der Waals surface area (Å²) in [6.07, 6.45) is 5.53. The maximum atomic E-state index is 12.1. The molecule has 21 heavy (non-hydrogen) atoms. The Labute approximate surface area is 125 Å². The highest BCUT2D eigenvalue weighted by molar-refractivity contribution is 5.88. The molecule has 118 valence electrons. The van der Waals surface area contributed by atoms with Crippen molar-refractivity contribution >= 4 is 11.8 Å². The van der Waals surface area contributed by atoms with E-state index in [0.717, 1.165) is 38.0 Å². The Balaban J connectivity index is 1.81. The zero-order valence-corrected chi connectivity index (χ0v) is 12.9. The van der Waals surface area contributed by atoms with E-state index >= 15 is 0 Å². The number of amides is 2. The molecule has 1 aliphatic carbocycles. The van der Waals surface area contributed by atoms with Crippen LogP contribution in [0.4, 0.5) is 10.6 Å². The minimum Gasteiger partial charge on any atom is -0.396 e. The van der Waals surface area contributed by atoms with Gasteiger partial charge < -0.3 is 10.4 Å². The Kier molecular flexibility index (Phi) is 5.61. The molecule has 0 saturated heterocycles. The molecule has 0 aromatic carbocycles. The number of hydrogen-bond acceptors (Lipinski definition) is 3. The third-order valence-corrected chi connectivity index (χ3v) is 3.94. The number of rotatable bonds is 5. The van der Waals surface area contributed by atoms with E-state index in [1.807, 2.05) is 10.7 Å². The Morgan fingerprint density at radius 3 is 2.76 bits per heavy atom. The lowest BCUT2D eigenvalue weighted by molar-refractivity contribution is 0.176. The lowest BCUT2D eigenvalue weighted by Crippen LogP contribution is -2.40. The molecule has 3 N–H and O–H groups in total. The van der Waals surface area contributed by atoms with E-state index in [-0.39, 0.29) is 18.7 Å². The van der Waals surface area contributed by atoms with Gasteiger partial charge in [0.2, 0.25) is 0 Å². The number of anilines is 1. The molecule has 0 bridgehead atoms. The lowest BCUT2D eigenvalue weighted by atomic mass is 9.87. The van der Waals surface area contributed by atoms with Crippen LogP contribution in [0.1, 0.15) is 39.5 Å². The monoisotopic (exact) mass is 294 g/mol. The molecular formula is C15H26N4O2. The van der Waals surface area contributed by atoms with Crippen LogP contribution < -0.4 is 10.6 Å². The van der Waals surface area contributed by atoms with Gasteiger partial charge in [-0.25, -0.2) is 9.48 Å². The molecule has 6 nitrogen and oxygen atoms in total. The predicted octanol–water partition coefficient (Wildman–Crippen LogP) is 2.21. The second-order valence-corrected chi connectivity index (χ2v) is 6.29. The molecule has 2 amide bonds. The van der Waals surface area contributed by atoms with Gasteiger partial charge in [0.15, 0.2) is 0 Å². The minimum atomic E-state index is -0.173. The van der Waals surface area contributed by atoms with Crippen molar-refractivity contribution in [3.8, 4) is 0 Å². The molecule has 1 fully saturated rings. The van der Waals surface area contributed by atoms with Crippen LogP contribution in [0.25, 0.3) is 0 Å². The first kappa shape index (κ1) is 15.8. The summed E-state index contributed by atoms with van der Waals surface area (Å²) in [4.78, 5) is 12.1. The fourth-order valence-electron chi connectivity index (χ4n) is 2.76. The molecule has 1 aromatic rings. The molecule has 6 heteroatoms. The van der Waals surface area contributed by atoms with Gasteiger partial charge in [-0.15, -0.1) is 0 Å². The van der Waals surface area contributed by atoms with Crippen LogP contribution in [-0.4, -0.2) is 33.6 Å². The number of nitrogens with zero attached hydrogens (tertiary/aromatic N) is 2. The zero-order valence-electron chi connectivity index (χ0n) is 12.9. The van der Waals surface area contributed by atoms with E-state index < -0.39 is 0 Å². The molecule has 1 saturated carbocycles. The van der Waals surface area contributed by atoms with E-state index in [1.165, 1.54) is 0 Å². The average Bonchev–Trinajstić information content (AvgIpc) is 2.86. The van der Waals surface area contributed by atoms with Crippen molar-refractivity contribution in [2.75, 3.05) is 11.9 Å². The topological polar surface area (TPSA) is 79.2 Å². The van der Waals surface area contributed by atoms with Crippen molar-refractivity contribution < 1.29 is 9.90 Å². The van der Waals surface area contributed by atoms with E-state index in [4.69, 9.17) is 5.11 Å². The highest BCUT2D eigenvalue weighted by Gasteiger charge is 2.22. The molecule has 1 heterocycles. The van der Waals surface area contributed by atoms with Crippen molar-refractivity contribution in [2.24, 2.45) is 11.8 Å². The highest BCUT2D eigenvalue weighted by atomic mass is 16.3. The molecule has 0 radical (unpaired) electrons. The maximum Gasteiger partial charge on any atom is 0.320 e. The predicted molar refractivity (Wildman–Crippen MR) is 82.1 cm³/mol. The van der Waals surface area contributed by atoms with Crippen LogP contribution in [0.3, 0.4) is 0 Å². The van der Waals surface area contributed by atoms with Gasteiger partial charge in [0.25, 0.3) is 0 Å². The third-order valence-electron chi connectivity index (χ3n) is 3.94. The van der Waals surface area contributed by atoms with Crippen molar-refractivity contribution in [2.45, 2.75) is 52.1 Å². The number of nitrogens with one attached hydrogen (secondary N) is 2. The summed E-state index contributed by atoms with van der Waals surface area (Å²) in [6, 6.07) is 1.84. The molecule has 1 aliphatic rings. The standard InChI is InChI=1S/C15H26N4O2/c1-11(2)9-19-14(7-8-16-19)18-15(21)17-13-5-3-12(10-20)4-6-13/h7-8,11-13,20H,3-6,9-10H2,1-2H3,(H2,17,18,21). The second-order valence-electron chi connectivity index (χ2n) is 6.29. The van der Waals surface area contributed by atoms with Crippen molar-refractivity contribution in [1.82, 2.24) is 15.1 Å². The first-order chi connectivity index (χ1) is 10.1. The summed E-state index contributed by atoms with van der Waals surface area (Å²) in [5.74, 6) is 1.60. The van der Waals surface area contributed by atoms with Gasteiger partial charge in [-0.05, 0) is 37.5 Å². The Bertz CT molecular complexity index is 450. The summed E-state index contributed by atoms with van der Waals surface area (Å²) < 4.78 is 1.81. The number of aliphatic hydroxyl groups is 1. The van der Waals surface area contributed by atoms with Crippen molar-refractivity contribution in [3.05, 3.63) is 12.3 Å². The van der Waals surface area contributed by atoms with Gasteiger partial charge in [-0.1, -0.05) is 13.8 Å². The Morgan fingerprint density at radius 1 is 1.43 bits per heavy atom. The number of carbonyl (C=O) groups is 1. The summed E-state index contributed by atoms with van der Waals surface area (Å²) >= 11 is 0. The van der Waals surface area contributed by atoms with Gasteiger partial charge in [-0.3, -0.25) is 5.32 Å². The normalized spacial score (nSPS) is 22.3. The second kappa shape index (κ2) is 7.45. The number of hydrogen-bond donors (Lipinski definition) is 3. The van der Waals surface area contributed by atoms with E-state index in [2.05, 4.69) is 29.6 Å². The minimum absolute atomic E-state index is 0.173. The van der Waals surface area contributed by atoms with Gasteiger partial charge in [0.1, 0.15) is 5.82 Å². The van der Waals surface area contributed by atoms with Crippen LogP contribution >= 0.6 is 0 Å². The van der Waals surface area contributed by atoms with Crippen molar-refractivity contribution in [3.63, 3.8) is 0 Å². The molecule has 0 aliphatic heterocycles. The van der Waals surface area contributed by atoms with E-state index in [0.29, 0.717) is 11.8 Å². The zero-order chi connectivity index (χ0) is 15.2. The summed E-state index contributed by atoms with van der Waals surface area (Å²) in [5, 5.41) is 19.2. The SMILES string of the molecule is CC(C)Cn1nccc1NC(=O)NC1CCC(CO)CC1. The first-order valence-corrected chi connectivity index (χ1v) is 7.78. The third kappa shape index (κ3) is 4.74. The Hall–Kier alpha value is -1.56. The molecular weight excluding hydrogens is 268 g/mol. The average molecular weight is 294 g/mol. The van der Waals surface area contributed by atoms with Crippen LogP contribution in [0.5, 0.6) is 0 Å². The highest BCUT2D eigenvalue weighted by Crippen LogP contribution is 2.23. The summed E-state index contributed by atoms with van der Waals surface area (Å²) in [7, 11) is 0. The van der Waals surface area contributed by atoms with Gasteiger partial charge in [-0.2, -0.15) is 5.10 Å². The van der Waals surface area contributed by atoms with E-state index in [1.54, 1.807) is 6.20 Å². The number of aliphatic hydroxyl groups excluding tert-OH is 1. The largest absolute Gasteiger partial charge is 0.396 e. The molecule has 0 spiro atoms. The number of urea groups is 1. The van der Waals surface area contributed by atoms with Gasteiger partial charge in [0.05, 0.1) is 6.20 Å². The van der Waals surface area contributed by atoms with Crippen LogP contribution in [-0.2, 0) is 6.54 Å². The lowest BCUT2D eigenvalue weighted by Gasteiger charge is -2.28. The molecule has 2 rings (SSSR count). The summed E-state index contributed by atoms with van der Waals surface area (Å²) in [5.41, 5.74) is 0. The molecule has 0 unspecified atom stereocenters. The van der Waals surface area contributed by atoms with Crippen molar-refractivity contribution in [1.29, 1.82) is 0 Å². The fourth-order valence-corrected chi connectivity index (χ4v) is 2.76. The first-order valence-electron chi connectivity index (χ1n) is 7.78. The van der Waals surface area contributed by atoms with Crippen LogP contribution in [0.2, 0.25) is 0 Å². The number of carbonyl (C=O) groups excluding carboxylic acids is 1. The van der Waals surface area contributed by atoms with Crippen LogP contribution in [0, 0.1) is 11.8 Å².